The van der Waals surface area contributed by atoms with Gasteiger partial charge in [-0.15, -0.1) is 0 Å². The summed E-state index contributed by atoms with van der Waals surface area (Å²) in [7, 11) is 0. The van der Waals surface area contributed by atoms with Crippen molar-refractivity contribution in [2.45, 2.75) is 32.1 Å². The minimum atomic E-state index is -0.270. The van der Waals surface area contributed by atoms with Crippen molar-refractivity contribution in [2.24, 2.45) is 0 Å². The highest BCUT2D eigenvalue weighted by Crippen LogP contribution is 2.29. The van der Waals surface area contributed by atoms with Crippen molar-refractivity contribution in [3.05, 3.63) is 89.5 Å². The molecule has 1 atom stereocenters. The quantitative estimate of drug-likeness (QED) is 0.397. The van der Waals surface area contributed by atoms with E-state index in [1.165, 1.54) is 12.1 Å². The Morgan fingerprint density at radius 3 is 2.89 bits per heavy atom. The topological polar surface area (TPSA) is 84.2 Å². The molecule has 0 spiro atoms. The number of likely N-dealkylation sites (tertiary alicyclic amines) is 1. The molecule has 0 saturated carbocycles. The van der Waals surface area contributed by atoms with Gasteiger partial charge in [-0.2, -0.15) is 5.10 Å². The van der Waals surface area contributed by atoms with Crippen molar-refractivity contribution in [1.82, 2.24) is 20.1 Å². The van der Waals surface area contributed by atoms with Crippen molar-refractivity contribution >= 4 is 5.91 Å². The Hall–Kier alpha value is -3.94. The van der Waals surface area contributed by atoms with Crippen LogP contribution in [0.25, 0.3) is 11.3 Å². The van der Waals surface area contributed by atoms with E-state index in [0.29, 0.717) is 49.2 Å². The first-order valence-corrected chi connectivity index (χ1v) is 11.9. The molecule has 1 N–H and O–H groups in total. The Labute approximate surface area is 202 Å². The number of oxazole rings is 1. The van der Waals surface area contributed by atoms with E-state index >= 15 is 0 Å². The van der Waals surface area contributed by atoms with Crippen LogP contribution < -0.4 is 4.74 Å². The molecule has 35 heavy (non-hydrogen) atoms. The number of benzene rings is 2. The van der Waals surface area contributed by atoms with Crippen molar-refractivity contribution in [1.29, 1.82) is 0 Å². The summed E-state index contributed by atoms with van der Waals surface area (Å²) in [5.74, 6) is 1.76. The van der Waals surface area contributed by atoms with Gasteiger partial charge in [-0.05, 0) is 67.8 Å². The molecule has 180 valence electrons. The van der Waals surface area contributed by atoms with Crippen LogP contribution in [0.4, 0.5) is 4.39 Å². The van der Waals surface area contributed by atoms with Crippen molar-refractivity contribution in [3.8, 4) is 17.0 Å². The van der Waals surface area contributed by atoms with Gasteiger partial charge in [0.15, 0.2) is 5.89 Å². The number of ether oxygens (including phenoxy) is 1. The van der Waals surface area contributed by atoms with E-state index in [1.807, 2.05) is 42.2 Å². The number of carbonyl (C=O) groups excluding carboxylic acids is 1. The van der Waals surface area contributed by atoms with Crippen LogP contribution in [0, 0.1) is 5.82 Å². The monoisotopic (exact) mass is 474 g/mol. The van der Waals surface area contributed by atoms with Crippen LogP contribution >= 0.6 is 0 Å². The lowest BCUT2D eigenvalue weighted by Crippen LogP contribution is -2.39. The molecule has 1 saturated heterocycles. The molecule has 0 bridgehead atoms. The molecule has 1 fully saturated rings. The molecular formula is C27H27FN4O3. The second kappa shape index (κ2) is 10.1. The number of H-pyrrole nitrogens is 1. The summed E-state index contributed by atoms with van der Waals surface area (Å²) in [6.45, 7) is 3.75. The summed E-state index contributed by atoms with van der Waals surface area (Å²) < 4.78 is 24.9. The van der Waals surface area contributed by atoms with Crippen molar-refractivity contribution in [3.63, 3.8) is 0 Å². The second-order valence-electron chi connectivity index (χ2n) is 8.69. The number of aromatic amines is 1. The lowest BCUT2D eigenvalue weighted by molar-refractivity contribution is 0.0692. The van der Waals surface area contributed by atoms with Gasteiger partial charge < -0.3 is 14.1 Å². The van der Waals surface area contributed by atoms with Gasteiger partial charge in [0.05, 0.1) is 24.4 Å². The Bertz CT molecular complexity index is 1300. The zero-order valence-corrected chi connectivity index (χ0v) is 19.5. The van der Waals surface area contributed by atoms with Gasteiger partial charge in [0.25, 0.3) is 5.91 Å². The summed E-state index contributed by atoms with van der Waals surface area (Å²) in [6, 6.07) is 15.9. The van der Waals surface area contributed by atoms with E-state index in [4.69, 9.17) is 9.15 Å². The van der Waals surface area contributed by atoms with Gasteiger partial charge >= 0.3 is 0 Å². The molecule has 0 aliphatic carbocycles. The van der Waals surface area contributed by atoms with Crippen molar-refractivity contribution < 1.29 is 18.3 Å². The fraction of sp³-hybridized carbons (Fsp3) is 0.296. The lowest BCUT2D eigenvalue weighted by Gasteiger charge is -2.30. The predicted octanol–water partition coefficient (Wildman–Crippen LogP) is 5.21. The maximum absolute atomic E-state index is 13.5. The van der Waals surface area contributed by atoms with Gasteiger partial charge in [0.1, 0.15) is 23.0 Å². The van der Waals surface area contributed by atoms with E-state index in [2.05, 4.69) is 15.2 Å². The zero-order chi connectivity index (χ0) is 24.2. The third kappa shape index (κ3) is 5.26. The molecule has 2 aromatic carbocycles. The zero-order valence-electron chi connectivity index (χ0n) is 19.5. The first kappa shape index (κ1) is 22.8. The number of carbonyl (C=O) groups is 1. The molecule has 3 heterocycles. The fourth-order valence-corrected chi connectivity index (χ4v) is 4.44. The Morgan fingerprint density at radius 1 is 1.23 bits per heavy atom. The summed E-state index contributed by atoms with van der Waals surface area (Å²) in [6.07, 6.45) is 3.92. The van der Waals surface area contributed by atoms with Crippen LogP contribution in [0.3, 0.4) is 0 Å². The molecule has 4 aromatic rings. The third-order valence-electron chi connectivity index (χ3n) is 6.17. The highest BCUT2D eigenvalue weighted by Gasteiger charge is 2.29. The van der Waals surface area contributed by atoms with E-state index in [0.717, 1.165) is 29.7 Å². The van der Waals surface area contributed by atoms with Crippen LogP contribution in [-0.2, 0) is 6.42 Å². The fourth-order valence-electron chi connectivity index (χ4n) is 4.44. The summed E-state index contributed by atoms with van der Waals surface area (Å²) >= 11 is 0. The van der Waals surface area contributed by atoms with E-state index < -0.39 is 0 Å². The smallest absolute Gasteiger partial charge is 0.271 e. The molecule has 1 amide bonds. The van der Waals surface area contributed by atoms with Crippen LogP contribution in [-0.4, -0.2) is 45.7 Å². The van der Waals surface area contributed by atoms with E-state index in [1.54, 1.807) is 18.3 Å². The summed E-state index contributed by atoms with van der Waals surface area (Å²) in [4.78, 5) is 19.5. The van der Waals surface area contributed by atoms with Gasteiger partial charge in [0.2, 0.25) is 0 Å². The Balaban J connectivity index is 1.24. The average molecular weight is 475 g/mol. The molecule has 0 unspecified atom stereocenters. The number of hydrogen-bond donors (Lipinski definition) is 1. The number of aromatic nitrogens is 3. The molecular weight excluding hydrogens is 447 g/mol. The lowest BCUT2D eigenvalue weighted by atomic mass is 9.97. The average Bonchev–Trinajstić information content (AvgIpc) is 3.55. The first-order chi connectivity index (χ1) is 17.1. The Morgan fingerprint density at radius 2 is 2.09 bits per heavy atom. The Kier molecular flexibility index (Phi) is 6.61. The van der Waals surface area contributed by atoms with Crippen molar-refractivity contribution in [2.75, 3.05) is 19.7 Å². The SMILES string of the molecule is CCOc1ccc(-c2cc(C(=O)N3CCC[C@@H](c4ncc(Cc5cccc(F)c5)o4)C3)[nH]n2)cc1. The second-order valence-corrected chi connectivity index (χ2v) is 8.69. The van der Waals surface area contributed by atoms with Gasteiger partial charge in [-0.1, -0.05) is 12.1 Å². The largest absolute Gasteiger partial charge is 0.494 e. The highest BCUT2D eigenvalue weighted by molar-refractivity contribution is 5.93. The summed E-state index contributed by atoms with van der Waals surface area (Å²) in [5.41, 5.74) is 2.90. The molecule has 0 radical (unpaired) electrons. The minimum Gasteiger partial charge on any atom is -0.494 e. The van der Waals surface area contributed by atoms with Crippen LogP contribution in [0.1, 0.15) is 53.4 Å². The highest BCUT2D eigenvalue weighted by atomic mass is 19.1. The van der Waals surface area contributed by atoms with Gasteiger partial charge in [-0.3, -0.25) is 9.89 Å². The third-order valence-corrected chi connectivity index (χ3v) is 6.17. The molecule has 8 heteroatoms. The predicted molar refractivity (Wildman–Crippen MR) is 129 cm³/mol. The number of nitrogens with zero attached hydrogens (tertiary/aromatic N) is 3. The first-order valence-electron chi connectivity index (χ1n) is 11.9. The van der Waals surface area contributed by atoms with Gasteiger partial charge in [-0.25, -0.2) is 9.37 Å². The maximum atomic E-state index is 13.5. The van der Waals surface area contributed by atoms with Crippen LogP contribution in [0.15, 0.2) is 65.2 Å². The molecule has 5 rings (SSSR count). The molecule has 7 nitrogen and oxygen atoms in total. The van der Waals surface area contributed by atoms with E-state index in [-0.39, 0.29) is 17.6 Å². The molecule has 1 aliphatic rings. The molecule has 2 aromatic heterocycles. The number of hydrogen-bond acceptors (Lipinski definition) is 5. The van der Waals surface area contributed by atoms with Crippen LogP contribution in [0.5, 0.6) is 5.75 Å². The minimum absolute atomic E-state index is 0.0162. The standard InChI is InChI=1S/C27H27FN4O3/c1-2-34-22-10-8-19(9-11-22)24-15-25(31-30-24)27(33)32-12-4-6-20(17-32)26-29-16-23(35-26)14-18-5-3-7-21(28)13-18/h3,5,7-11,13,15-16,20H,2,4,6,12,14,17H2,1H3,(H,30,31)/t20-/m1/s1. The van der Waals surface area contributed by atoms with E-state index in [9.17, 15) is 9.18 Å². The number of piperidine rings is 1. The van der Waals surface area contributed by atoms with Gasteiger partial charge in [0, 0.05) is 25.1 Å². The van der Waals surface area contributed by atoms with Crippen LogP contribution in [0.2, 0.25) is 0 Å². The summed E-state index contributed by atoms with van der Waals surface area (Å²) in [5, 5.41) is 7.22. The number of rotatable bonds is 7. The number of nitrogens with one attached hydrogen (secondary N) is 1. The molecule has 1 aliphatic heterocycles. The maximum Gasteiger partial charge on any atom is 0.271 e. The number of halogens is 1. The normalized spacial score (nSPS) is 15.8. The number of amides is 1.